The predicted molar refractivity (Wildman–Crippen MR) is 170 cm³/mol. The largest absolute Gasteiger partial charge is 0.435 e. The molecule has 0 unspecified atom stereocenters. The minimum atomic E-state index is -4.90. The molecule has 0 bridgehead atoms. The average molecular weight is 703 g/mol. The van der Waals surface area contributed by atoms with Gasteiger partial charge in [-0.05, 0) is 44.1 Å². The maximum Gasteiger partial charge on any atom is 0.435 e. The Morgan fingerprint density at radius 3 is 2.37 bits per heavy atom. The number of hydrogen-bond acceptors (Lipinski definition) is 8. The zero-order chi connectivity index (χ0) is 35.0. The lowest BCUT2D eigenvalue weighted by Gasteiger charge is -2.37. The average Bonchev–Trinajstić information content (AvgIpc) is 3.70. The van der Waals surface area contributed by atoms with E-state index in [0.29, 0.717) is 26.2 Å². The molecule has 3 aromatic heterocycles. The first-order valence-corrected chi connectivity index (χ1v) is 15.7. The van der Waals surface area contributed by atoms with E-state index >= 15 is 0 Å². The summed E-state index contributed by atoms with van der Waals surface area (Å²) in [5.41, 5.74) is 3.91. The number of nitrogens with zero attached hydrogens (tertiary/aromatic N) is 7. The van der Waals surface area contributed by atoms with Crippen molar-refractivity contribution in [3.05, 3.63) is 70.8 Å². The van der Waals surface area contributed by atoms with Crippen molar-refractivity contribution >= 4 is 40.8 Å². The van der Waals surface area contributed by atoms with Gasteiger partial charge in [-0.3, -0.25) is 14.4 Å². The van der Waals surface area contributed by atoms with Gasteiger partial charge in [0, 0.05) is 57.1 Å². The number of pyridine rings is 1. The van der Waals surface area contributed by atoms with Crippen molar-refractivity contribution < 1.29 is 31.9 Å². The van der Waals surface area contributed by atoms with E-state index in [9.17, 15) is 31.9 Å². The first-order valence-electron chi connectivity index (χ1n) is 15.3. The van der Waals surface area contributed by atoms with Gasteiger partial charge in [0.2, 0.25) is 5.91 Å². The lowest BCUT2D eigenvalue weighted by Crippen LogP contribution is -2.52. The van der Waals surface area contributed by atoms with Crippen LogP contribution in [0.4, 0.5) is 29.1 Å². The number of carbonyl (C=O) groups is 3. The minimum Gasteiger partial charge on any atom is -0.381 e. The Bertz CT molecular complexity index is 1910. The van der Waals surface area contributed by atoms with E-state index in [-0.39, 0.29) is 51.2 Å². The molecule has 0 atom stereocenters. The molecule has 6 rings (SSSR count). The molecule has 4 aromatic rings. The van der Waals surface area contributed by atoms with Crippen molar-refractivity contribution in [1.82, 2.24) is 39.4 Å². The zero-order valence-corrected chi connectivity index (χ0v) is 26.9. The molecule has 2 saturated heterocycles. The maximum atomic E-state index is 14.0. The first kappa shape index (κ1) is 33.9. The summed E-state index contributed by atoms with van der Waals surface area (Å²) < 4.78 is 58.0. The van der Waals surface area contributed by atoms with Gasteiger partial charge in [-0.15, -0.1) is 0 Å². The molecule has 0 spiro atoms. The van der Waals surface area contributed by atoms with Crippen molar-refractivity contribution in [3.63, 3.8) is 0 Å². The van der Waals surface area contributed by atoms with E-state index in [4.69, 9.17) is 17.3 Å². The van der Waals surface area contributed by atoms with Crippen molar-refractivity contribution in [2.45, 2.75) is 19.0 Å². The number of nitrogens with one attached hydrogen (secondary N) is 2. The SMILES string of the molecule is Cn1c(-c2cn(-c3cnc(N)c(F)c3)nc2C(F)(F)F)cnc1C(=O)Nc1ccc(C(=O)N2CCN(C(=O)C3CCNCC3)CC2)c(Cl)c1. The number of halogens is 5. The summed E-state index contributed by atoms with van der Waals surface area (Å²) in [7, 11) is 1.35. The molecule has 1 aromatic carbocycles. The second-order valence-corrected chi connectivity index (χ2v) is 12.1. The molecule has 0 saturated carbocycles. The Morgan fingerprint density at radius 2 is 1.71 bits per heavy atom. The molecular formula is C31H31ClF4N10O3. The minimum absolute atomic E-state index is 0.000331. The van der Waals surface area contributed by atoms with Gasteiger partial charge in [-0.1, -0.05) is 11.6 Å². The number of piperidine rings is 1. The van der Waals surface area contributed by atoms with Gasteiger partial charge in [0.1, 0.15) is 0 Å². The van der Waals surface area contributed by atoms with Crippen molar-refractivity contribution in [2.24, 2.45) is 13.0 Å². The Balaban J connectivity index is 1.14. The fourth-order valence-corrected chi connectivity index (χ4v) is 6.18. The summed E-state index contributed by atoms with van der Waals surface area (Å²) in [6.07, 6.45) is -0.122. The van der Waals surface area contributed by atoms with Gasteiger partial charge in [-0.2, -0.15) is 18.3 Å². The van der Waals surface area contributed by atoms with Crippen molar-refractivity contribution in [1.29, 1.82) is 0 Å². The fraction of sp³-hybridized carbons (Fsp3) is 0.355. The van der Waals surface area contributed by atoms with Crippen LogP contribution in [0, 0.1) is 11.7 Å². The molecule has 2 aliphatic heterocycles. The Hall–Kier alpha value is -5.03. The lowest BCUT2D eigenvalue weighted by molar-refractivity contribution is -0.141. The highest BCUT2D eigenvalue weighted by molar-refractivity contribution is 6.34. The second-order valence-electron chi connectivity index (χ2n) is 11.7. The van der Waals surface area contributed by atoms with Gasteiger partial charge in [0.05, 0.1) is 39.9 Å². The summed E-state index contributed by atoms with van der Waals surface area (Å²) >= 11 is 6.46. The van der Waals surface area contributed by atoms with Crippen LogP contribution in [0.5, 0.6) is 0 Å². The number of aromatic nitrogens is 5. The molecule has 13 nitrogen and oxygen atoms in total. The third-order valence-electron chi connectivity index (χ3n) is 8.59. The summed E-state index contributed by atoms with van der Waals surface area (Å²) in [4.78, 5) is 50.4. The number of nitrogen functional groups attached to an aromatic ring is 1. The molecule has 2 fully saturated rings. The number of carbonyl (C=O) groups excluding carboxylic acids is 3. The highest BCUT2D eigenvalue weighted by atomic mass is 35.5. The second kappa shape index (κ2) is 13.5. The van der Waals surface area contributed by atoms with Gasteiger partial charge < -0.3 is 30.7 Å². The molecule has 0 radical (unpaired) electrons. The van der Waals surface area contributed by atoms with Crippen LogP contribution in [-0.4, -0.2) is 91.1 Å². The molecule has 3 amide bonds. The maximum absolute atomic E-state index is 14.0. The van der Waals surface area contributed by atoms with Gasteiger partial charge >= 0.3 is 6.18 Å². The number of rotatable bonds is 6. The van der Waals surface area contributed by atoms with Gasteiger partial charge in [-0.25, -0.2) is 19.0 Å². The number of benzene rings is 1. The van der Waals surface area contributed by atoms with E-state index in [1.807, 2.05) is 0 Å². The van der Waals surface area contributed by atoms with E-state index in [2.05, 4.69) is 25.7 Å². The van der Waals surface area contributed by atoms with E-state index in [1.165, 1.54) is 25.2 Å². The van der Waals surface area contributed by atoms with E-state index in [1.54, 1.807) is 9.80 Å². The highest BCUT2D eigenvalue weighted by Gasteiger charge is 2.39. The summed E-state index contributed by atoms with van der Waals surface area (Å²) in [5.74, 6) is -2.54. The monoisotopic (exact) mass is 702 g/mol. The predicted octanol–water partition coefficient (Wildman–Crippen LogP) is 3.60. The molecule has 2 aliphatic rings. The summed E-state index contributed by atoms with van der Waals surface area (Å²) in [6.45, 7) is 3.19. The van der Waals surface area contributed by atoms with Crippen molar-refractivity contribution in [2.75, 3.05) is 50.3 Å². The topological polar surface area (TPSA) is 156 Å². The fourth-order valence-electron chi connectivity index (χ4n) is 5.92. The number of piperazine rings is 1. The zero-order valence-electron chi connectivity index (χ0n) is 26.1. The number of alkyl halides is 3. The van der Waals surface area contributed by atoms with Crippen LogP contribution in [0.25, 0.3) is 16.9 Å². The molecular weight excluding hydrogens is 672 g/mol. The standard InChI is InChI=1S/C31H31ClF4N10O3/c1-43-24(21-16-46(42-25(21)31(34,35)36)19-13-23(33)26(37)39-14-19)15-40-27(43)28(47)41-18-2-3-20(22(32)12-18)30(49)45-10-8-44(9-11-45)29(48)17-4-6-38-7-5-17/h2-3,12-17,38H,4-11H2,1H3,(H2,37,39)(H,41,47). The Kier molecular flexibility index (Phi) is 9.30. The Labute approximate surface area is 282 Å². The Morgan fingerprint density at radius 1 is 1.02 bits per heavy atom. The molecule has 4 N–H and O–H groups in total. The molecule has 49 heavy (non-hydrogen) atoms. The molecule has 5 heterocycles. The number of hydrogen-bond donors (Lipinski definition) is 3. The number of amides is 3. The molecule has 0 aliphatic carbocycles. The van der Waals surface area contributed by atoms with Gasteiger partial charge in [0.25, 0.3) is 11.8 Å². The third-order valence-corrected chi connectivity index (χ3v) is 8.91. The molecule has 18 heteroatoms. The highest BCUT2D eigenvalue weighted by Crippen LogP contribution is 2.37. The smallest absolute Gasteiger partial charge is 0.381 e. The van der Waals surface area contributed by atoms with Crippen LogP contribution in [0.3, 0.4) is 0 Å². The first-order chi connectivity index (χ1) is 23.3. The normalized spacial score (nSPS) is 15.8. The van der Waals surface area contributed by atoms with Crippen LogP contribution in [-0.2, 0) is 18.0 Å². The lowest BCUT2D eigenvalue weighted by atomic mass is 9.96. The third kappa shape index (κ3) is 6.94. The number of imidazole rings is 1. The van der Waals surface area contributed by atoms with E-state index < -0.39 is 35.0 Å². The van der Waals surface area contributed by atoms with Crippen LogP contribution in [0.2, 0.25) is 5.02 Å². The van der Waals surface area contributed by atoms with E-state index in [0.717, 1.165) is 59.8 Å². The number of nitrogens with two attached hydrogens (primary N) is 1. The quantitative estimate of drug-likeness (QED) is 0.258. The van der Waals surface area contributed by atoms with Gasteiger partial charge in [0.15, 0.2) is 23.2 Å². The molecule has 258 valence electrons. The number of anilines is 2. The van der Waals surface area contributed by atoms with Crippen LogP contribution in [0.1, 0.15) is 39.5 Å². The summed E-state index contributed by atoms with van der Waals surface area (Å²) in [5, 5.41) is 9.52. The van der Waals surface area contributed by atoms with Crippen molar-refractivity contribution in [3.8, 4) is 16.9 Å². The van der Waals surface area contributed by atoms with Crippen LogP contribution < -0.4 is 16.4 Å². The summed E-state index contributed by atoms with van der Waals surface area (Å²) in [6, 6.07) is 5.22. The van der Waals surface area contributed by atoms with Crippen LogP contribution in [0.15, 0.2) is 42.9 Å². The van der Waals surface area contributed by atoms with Crippen LogP contribution >= 0.6 is 11.6 Å².